The van der Waals surface area contributed by atoms with Gasteiger partial charge in [-0.05, 0) is 29.8 Å². The van der Waals surface area contributed by atoms with Gasteiger partial charge in [0, 0.05) is 30.6 Å². The molecule has 0 radical (unpaired) electrons. The van der Waals surface area contributed by atoms with E-state index in [1.54, 1.807) is 6.33 Å². The Labute approximate surface area is 124 Å². The number of benzene rings is 2. The summed E-state index contributed by atoms with van der Waals surface area (Å²) < 4.78 is 0. The van der Waals surface area contributed by atoms with E-state index in [4.69, 9.17) is 0 Å². The number of hydrogen-bond acceptors (Lipinski definition) is 3. The molecule has 0 unspecified atom stereocenters. The Hall–Kier alpha value is -2.26. The summed E-state index contributed by atoms with van der Waals surface area (Å²) in [7, 11) is 2.19. The molecule has 1 aliphatic rings. The third-order valence-electron chi connectivity index (χ3n) is 4.30. The Morgan fingerprint density at radius 1 is 1.14 bits per heavy atom. The molecule has 1 atom stereocenters. The maximum atomic E-state index is 4.39. The van der Waals surface area contributed by atoms with Crippen LogP contribution in [0.5, 0.6) is 0 Å². The van der Waals surface area contributed by atoms with Crippen molar-refractivity contribution < 1.29 is 0 Å². The van der Waals surface area contributed by atoms with Gasteiger partial charge in [0.25, 0.3) is 0 Å². The van der Waals surface area contributed by atoms with Crippen molar-refractivity contribution in [1.82, 2.24) is 14.9 Å². The molecule has 4 rings (SSSR count). The van der Waals surface area contributed by atoms with Crippen molar-refractivity contribution in [3.63, 3.8) is 0 Å². The lowest BCUT2D eigenvalue weighted by atomic mass is 9.84. The predicted molar refractivity (Wildman–Crippen MR) is 84.2 cm³/mol. The van der Waals surface area contributed by atoms with Gasteiger partial charge in [-0.3, -0.25) is 0 Å². The molecule has 0 saturated heterocycles. The number of aromatic nitrogens is 2. The summed E-state index contributed by atoms with van der Waals surface area (Å²) in [4.78, 5) is 10.9. The molecule has 104 valence electrons. The van der Waals surface area contributed by atoms with Crippen LogP contribution < -0.4 is 0 Å². The molecule has 0 bridgehead atoms. The quantitative estimate of drug-likeness (QED) is 0.683. The number of fused-ring (bicyclic) bond motifs is 2. The van der Waals surface area contributed by atoms with E-state index in [0.29, 0.717) is 5.92 Å². The summed E-state index contributed by atoms with van der Waals surface area (Å²) in [6, 6.07) is 15.3. The molecule has 0 aliphatic carbocycles. The molecule has 0 amide bonds. The van der Waals surface area contributed by atoms with E-state index in [-0.39, 0.29) is 0 Å². The third kappa shape index (κ3) is 2.20. The second-order valence-corrected chi connectivity index (χ2v) is 5.79. The molecule has 2 heterocycles. The molecule has 2 aromatic carbocycles. The normalized spacial score (nSPS) is 18.6. The Morgan fingerprint density at radius 2 is 2.05 bits per heavy atom. The van der Waals surface area contributed by atoms with Gasteiger partial charge in [0.05, 0.1) is 5.52 Å². The zero-order chi connectivity index (χ0) is 14.2. The molecular weight excluding hydrogens is 258 g/mol. The highest BCUT2D eigenvalue weighted by Gasteiger charge is 2.24. The van der Waals surface area contributed by atoms with Gasteiger partial charge < -0.3 is 4.90 Å². The number of nitrogens with zero attached hydrogens (tertiary/aromatic N) is 3. The maximum absolute atomic E-state index is 4.39. The molecular formula is C18H17N3. The van der Waals surface area contributed by atoms with E-state index >= 15 is 0 Å². The molecule has 0 N–H and O–H groups in total. The van der Waals surface area contributed by atoms with Crippen molar-refractivity contribution in [2.45, 2.75) is 12.5 Å². The van der Waals surface area contributed by atoms with Crippen molar-refractivity contribution in [2.24, 2.45) is 0 Å². The lowest BCUT2D eigenvalue weighted by molar-refractivity contribution is 0.295. The van der Waals surface area contributed by atoms with E-state index in [2.05, 4.69) is 64.4 Å². The van der Waals surface area contributed by atoms with Crippen LogP contribution in [0.1, 0.15) is 22.6 Å². The zero-order valence-corrected chi connectivity index (χ0v) is 12.0. The highest BCUT2D eigenvalue weighted by Crippen LogP contribution is 2.33. The summed E-state index contributed by atoms with van der Waals surface area (Å²) in [6.07, 6.45) is 3.49. The number of hydrogen-bond donors (Lipinski definition) is 0. The van der Waals surface area contributed by atoms with Crippen LogP contribution in [-0.2, 0) is 6.54 Å². The standard InChI is InChI=1S/C18H17N3/c1-21-10-15-4-2-3-5-16(15)17(11-21)13-6-7-14-9-19-12-20-18(14)8-13/h2-9,12,17H,10-11H2,1H3/t17-/m1/s1. The summed E-state index contributed by atoms with van der Waals surface area (Å²) >= 11 is 0. The van der Waals surface area contributed by atoms with Crippen LogP contribution in [0.3, 0.4) is 0 Å². The lowest BCUT2D eigenvalue weighted by Gasteiger charge is -2.32. The average Bonchev–Trinajstić information content (AvgIpc) is 2.53. The molecule has 0 saturated carbocycles. The van der Waals surface area contributed by atoms with Gasteiger partial charge in [-0.25, -0.2) is 9.97 Å². The third-order valence-corrected chi connectivity index (χ3v) is 4.30. The lowest BCUT2D eigenvalue weighted by Crippen LogP contribution is -2.30. The van der Waals surface area contributed by atoms with Gasteiger partial charge in [-0.1, -0.05) is 36.4 Å². The molecule has 0 fully saturated rings. The fraction of sp³-hybridized carbons (Fsp3) is 0.222. The first-order valence-electron chi connectivity index (χ1n) is 7.27. The van der Waals surface area contributed by atoms with Crippen LogP contribution in [0.25, 0.3) is 10.9 Å². The van der Waals surface area contributed by atoms with E-state index in [1.165, 1.54) is 16.7 Å². The summed E-state index contributed by atoms with van der Waals surface area (Å²) in [5.41, 5.74) is 5.23. The highest BCUT2D eigenvalue weighted by molar-refractivity contribution is 5.78. The van der Waals surface area contributed by atoms with E-state index in [9.17, 15) is 0 Å². The Kier molecular flexibility index (Phi) is 2.93. The molecule has 3 nitrogen and oxygen atoms in total. The van der Waals surface area contributed by atoms with Crippen LogP contribution in [0.4, 0.5) is 0 Å². The minimum atomic E-state index is 0.416. The van der Waals surface area contributed by atoms with Crippen LogP contribution in [0, 0.1) is 0 Å². The maximum Gasteiger partial charge on any atom is 0.116 e. The number of likely N-dealkylation sites (N-methyl/N-ethyl adjacent to an activating group) is 1. The second-order valence-electron chi connectivity index (χ2n) is 5.79. The SMILES string of the molecule is CN1Cc2ccccc2[C@@H](c2ccc3cncnc3c2)C1. The fourth-order valence-corrected chi connectivity index (χ4v) is 3.28. The van der Waals surface area contributed by atoms with Crippen LogP contribution in [0.15, 0.2) is 55.0 Å². The van der Waals surface area contributed by atoms with Crippen LogP contribution >= 0.6 is 0 Å². The minimum absolute atomic E-state index is 0.416. The molecule has 21 heavy (non-hydrogen) atoms. The van der Waals surface area contributed by atoms with Gasteiger partial charge >= 0.3 is 0 Å². The van der Waals surface area contributed by atoms with Crippen molar-refractivity contribution in [1.29, 1.82) is 0 Å². The molecule has 3 aromatic rings. The summed E-state index contributed by atoms with van der Waals surface area (Å²) in [6.45, 7) is 2.08. The Bertz CT molecular complexity index is 797. The van der Waals surface area contributed by atoms with Crippen LogP contribution in [-0.4, -0.2) is 28.5 Å². The first kappa shape index (κ1) is 12.5. The Morgan fingerprint density at radius 3 is 3.00 bits per heavy atom. The first-order valence-corrected chi connectivity index (χ1v) is 7.27. The van der Waals surface area contributed by atoms with Gasteiger partial charge in [0.15, 0.2) is 0 Å². The van der Waals surface area contributed by atoms with Crippen molar-refractivity contribution in [3.05, 3.63) is 71.7 Å². The largest absolute Gasteiger partial charge is 0.301 e. The van der Waals surface area contributed by atoms with Gasteiger partial charge in [-0.15, -0.1) is 0 Å². The first-order chi connectivity index (χ1) is 10.3. The Balaban J connectivity index is 1.84. The van der Waals surface area contributed by atoms with Crippen molar-refractivity contribution in [3.8, 4) is 0 Å². The summed E-state index contributed by atoms with van der Waals surface area (Å²) in [5.74, 6) is 0.416. The van der Waals surface area contributed by atoms with Crippen LogP contribution in [0.2, 0.25) is 0 Å². The fourth-order valence-electron chi connectivity index (χ4n) is 3.28. The summed E-state index contributed by atoms with van der Waals surface area (Å²) in [5, 5.41) is 1.10. The van der Waals surface area contributed by atoms with Crippen molar-refractivity contribution in [2.75, 3.05) is 13.6 Å². The average molecular weight is 275 g/mol. The smallest absolute Gasteiger partial charge is 0.116 e. The molecule has 0 spiro atoms. The minimum Gasteiger partial charge on any atom is -0.301 e. The van der Waals surface area contributed by atoms with Gasteiger partial charge in [0.2, 0.25) is 0 Å². The monoisotopic (exact) mass is 275 g/mol. The highest BCUT2D eigenvalue weighted by atomic mass is 15.1. The zero-order valence-electron chi connectivity index (χ0n) is 12.0. The van der Waals surface area contributed by atoms with Gasteiger partial charge in [-0.2, -0.15) is 0 Å². The predicted octanol–water partition coefficient (Wildman–Crippen LogP) is 3.21. The van der Waals surface area contributed by atoms with E-state index in [1.807, 2.05) is 6.20 Å². The molecule has 1 aliphatic heterocycles. The second kappa shape index (κ2) is 4.93. The number of rotatable bonds is 1. The molecule has 1 aromatic heterocycles. The van der Waals surface area contributed by atoms with Crippen molar-refractivity contribution >= 4 is 10.9 Å². The van der Waals surface area contributed by atoms with E-state index in [0.717, 1.165) is 24.0 Å². The molecule has 3 heteroatoms. The van der Waals surface area contributed by atoms with E-state index < -0.39 is 0 Å². The topological polar surface area (TPSA) is 29.0 Å². The van der Waals surface area contributed by atoms with Gasteiger partial charge in [0.1, 0.15) is 6.33 Å².